The predicted octanol–water partition coefficient (Wildman–Crippen LogP) is 1.51. The minimum Gasteiger partial charge on any atom is -0.337 e. The van der Waals surface area contributed by atoms with Crippen molar-refractivity contribution in [1.29, 1.82) is 0 Å². The van der Waals surface area contributed by atoms with Gasteiger partial charge in [-0.25, -0.2) is 4.79 Å². The normalized spacial score (nSPS) is 24.3. The molecule has 4 nitrogen and oxygen atoms in total. The summed E-state index contributed by atoms with van der Waals surface area (Å²) < 4.78 is 0. The predicted molar refractivity (Wildman–Crippen MR) is 73.5 cm³/mol. The van der Waals surface area contributed by atoms with Crippen molar-refractivity contribution in [3.63, 3.8) is 0 Å². The third-order valence-electron chi connectivity index (χ3n) is 3.73. The van der Waals surface area contributed by atoms with Crippen molar-refractivity contribution in [3.8, 4) is 0 Å². The summed E-state index contributed by atoms with van der Waals surface area (Å²) in [6.45, 7) is 8.44. The number of nitrogens with zero attached hydrogens (tertiary/aromatic N) is 1. The Morgan fingerprint density at radius 1 is 1.44 bits per heavy atom. The Labute approximate surface area is 109 Å². The van der Waals surface area contributed by atoms with Crippen LogP contribution < -0.4 is 10.6 Å². The summed E-state index contributed by atoms with van der Waals surface area (Å²) in [6.07, 6.45) is 5.50. The Morgan fingerprint density at radius 3 is 2.83 bits per heavy atom. The fraction of sp³-hybridized carbons (Fsp3) is 0.643. The molecule has 1 saturated heterocycles. The zero-order valence-corrected chi connectivity index (χ0v) is 11.3. The summed E-state index contributed by atoms with van der Waals surface area (Å²) in [5.74, 6) is 0.459. The van der Waals surface area contributed by atoms with E-state index in [0.717, 1.165) is 39.1 Å². The minimum atomic E-state index is 0.0792. The van der Waals surface area contributed by atoms with Crippen LogP contribution in [0.3, 0.4) is 0 Å². The van der Waals surface area contributed by atoms with E-state index in [-0.39, 0.29) is 6.03 Å². The van der Waals surface area contributed by atoms with Gasteiger partial charge in [-0.2, -0.15) is 0 Å². The lowest BCUT2D eigenvalue weighted by Crippen LogP contribution is -2.50. The maximum absolute atomic E-state index is 12.0. The number of hydrogen-bond acceptors (Lipinski definition) is 2. The second-order valence-corrected chi connectivity index (χ2v) is 5.19. The van der Waals surface area contributed by atoms with Crippen molar-refractivity contribution in [3.05, 3.63) is 23.3 Å². The molecule has 0 aromatic carbocycles. The second-order valence-electron chi connectivity index (χ2n) is 5.19. The van der Waals surface area contributed by atoms with Crippen molar-refractivity contribution in [2.24, 2.45) is 5.92 Å². The first-order valence-electron chi connectivity index (χ1n) is 6.75. The maximum Gasteiger partial charge on any atom is 0.317 e. The molecule has 0 aromatic rings. The van der Waals surface area contributed by atoms with Crippen LogP contribution in [0.1, 0.15) is 20.3 Å². The average molecular weight is 249 g/mol. The highest BCUT2D eigenvalue weighted by Crippen LogP contribution is 2.22. The zero-order valence-electron chi connectivity index (χ0n) is 11.3. The van der Waals surface area contributed by atoms with E-state index in [1.54, 1.807) is 0 Å². The number of piperazine rings is 1. The van der Waals surface area contributed by atoms with Crippen LogP contribution in [0, 0.1) is 5.92 Å². The maximum atomic E-state index is 12.0. The molecule has 1 fully saturated rings. The molecule has 1 aliphatic heterocycles. The van der Waals surface area contributed by atoms with Gasteiger partial charge in [-0.05, 0) is 20.3 Å². The van der Waals surface area contributed by atoms with Gasteiger partial charge in [-0.3, -0.25) is 0 Å². The Morgan fingerprint density at radius 2 is 2.17 bits per heavy atom. The average Bonchev–Trinajstić information content (AvgIpc) is 2.38. The van der Waals surface area contributed by atoms with Crippen LogP contribution in [0.15, 0.2) is 23.3 Å². The van der Waals surface area contributed by atoms with Crippen LogP contribution in [0.5, 0.6) is 0 Å². The molecule has 0 saturated carbocycles. The van der Waals surface area contributed by atoms with Gasteiger partial charge in [0.05, 0.1) is 0 Å². The number of hydrogen-bond donors (Lipinski definition) is 2. The summed E-state index contributed by atoms with van der Waals surface area (Å²) in [5.41, 5.74) is 2.70. The fourth-order valence-electron chi connectivity index (χ4n) is 2.48. The van der Waals surface area contributed by atoms with Crippen LogP contribution in [0.25, 0.3) is 0 Å². The first-order valence-corrected chi connectivity index (χ1v) is 6.75. The van der Waals surface area contributed by atoms with Gasteiger partial charge in [0.1, 0.15) is 0 Å². The first kappa shape index (κ1) is 13.1. The van der Waals surface area contributed by atoms with Crippen LogP contribution in [-0.4, -0.2) is 43.7 Å². The van der Waals surface area contributed by atoms with Crippen LogP contribution in [0.4, 0.5) is 4.79 Å². The van der Waals surface area contributed by atoms with E-state index in [2.05, 4.69) is 36.6 Å². The molecule has 1 heterocycles. The molecule has 2 rings (SSSR count). The number of carbonyl (C=O) groups excluding carboxylic acids is 1. The molecule has 2 amide bonds. The van der Waals surface area contributed by atoms with E-state index in [9.17, 15) is 4.79 Å². The molecule has 2 aliphatic rings. The lowest BCUT2D eigenvalue weighted by atomic mass is 9.90. The molecule has 2 N–H and O–H groups in total. The van der Waals surface area contributed by atoms with Gasteiger partial charge >= 0.3 is 6.03 Å². The van der Waals surface area contributed by atoms with Gasteiger partial charge in [0.25, 0.3) is 0 Å². The summed E-state index contributed by atoms with van der Waals surface area (Å²) in [4.78, 5) is 13.9. The van der Waals surface area contributed by atoms with Gasteiger partial charge in [0.2, 0.25) is 0 Å². The molecule has 0 bridgehead atoms. The van der Waals surface area contributed by atoms with Crippen molar-refractivity contribution < 1.29 is 4.79 Å². The highest BCUT2D eigenvalue weighted by atomic mass is 16.2. The lowest BCUT2D eigenvalue weighted by molar-refractivity contribution is 0.189. The van der Waals surface area contributed by atoms with Gasteiger partial charge in [0, 0.05) is 38.6 Å². The summed E-state index contributed by atoms with van der Waals surface area (Å²) >= 11 is 0. The molecule has 1 aliphatic carbocycles. The van der Waals surface area contributed by atoms with Gasteiger partial charge in [-0.15, -0.1) is 0 Å². The molecule has 1 unspecified atom stereocenters. The third kappa shape index (κ3) is 3.35. The van der Waals surface area contributed by atoms with Gasteiger partial charge < -0.3 is 15.5 Å². The number of rotatable bonds is 2. The van der Waals surface area contributed by atoms with Gasteiger partial charge in [0.15, 0.2) is 0 Å². The number of allylic oxidation sites excluding steroid dienone is 3. The topological polar surface area (TPSA) is 44.4 Å². The van der Waals surface area contributed by atoms with Crippen molar-refractivity contribution in [2.45, 2.75) is 20.3 Å². The summed E-state index contributed by atoms with van der Waals surface area (Å²) in [6, 6.07) is 0.0792. The molecule has 4 heteroatoms. The van der Waals surface area contributed by atoms with Crippen molar-refractivity contribution in [2.75, 3.05) is 32.7 Å². The van der Waals surface area contributed by atoms with Crippen LogP contribution >= 0.6 is 0 Å². The van der Waals surface area contributed by atoms with Gasteiger partial charge in [-0.1, -0.05) is 23.3 Å². The minimum absolute atomic E-state index is 0.0792. The number of carbonyl (C=O) groups is 1. The molecular formula is C14H23N3O. The highest BCUT2D eigenvalue weighted by molar-refractivity contribution is 5.74. The van der Waals surface area contributed by atoms with Crippen LogP contribution in [-0.2, 0) is 0 Å². The first-order chi connectivity index (χ1) is 8.66. The Hall–Kier alpha value is -1.29. The molecule has 0 spiro atoms. The van der Waals surface area contributed by atoms with E-state index in [1.165, 1.54) is 11.1 Å². The SMILES string of the molecule is CC1=CCC(CNC(=O)N2CCNCC2)C(C)=C1. The summed E-state index contributed by atoms with van der Waals surface area (Å²) in [5, 5.41) is 6.30. The quantitative estimate of drug-likeness (QED) is 0.779. The largest absolute Gasteiger partial charge is 0.337 e. The fourth-order valence-corrected chi connectivity index (χ4v) is 2.48. The molecule has 18 heavy (non-hydrogen) atoms. The van der Waals surface area contributed by atoms with Crippen LogP contribution in [0.2, 0.25) is 0 Å². The Bertz CT molecular complexity index is 367. The lowest BCUT2D eigenvalue weighted by Gasteiger charge is -2.29. The molecule has 100 valence electrons. The Kier molecular flexibility index (Phi) is 4.42. The molecule has 0 aromatic heterocycles. The molecule has 1 atom stereocenters. The van der Waals surface area contributed by atoms with Crippen molar-refractivity contribution in [1.82, 2.24) is 15.5 Å². The monoisotopic (exact) mass is 249 g/mol. The standard InChI is InChI=1S/C14H23N3O/c1-11-3-4-13(12(2)9-11)10-16-14(18)17-7-5-15-6-8-17/h3,9,13,15H,4-8,10H2,1-2H3,(H,16,18). The van der Waals surface area contributed by atoms with E-state index >= 15 is 0 Å². The van der Waals surface area contributed by atoms with E-state index in [0.29, 0.717) is 5.92 Å². The highest BCUT2D eigenvalue weighted by Gasteiger charge is 2.18. The third-order valence-corrected chi connectivity index (χ3v) is 3.73. The molecular weight excluding hydrogens is 226 g/mol. The smallest absolute Gasteiger partial charge is 0.317 e. The van der Waals surface area contributed by atoms with E-state index in [4.69, 9.17) is 0 Å². The molecule has 0 radical (unpaired) electrons. The number of amides is 2. The Balaban J connectivity index is 1.78. The second kappa shape index (κ2) is 6.05. The van der Waals surface area contributed by atoms with E-state index in [1.807, 2.05) is 4.90 Å². The summed E-state index contributed by atoms with van der Waals surface area (Å²) in [7, 11) is 0. The number of nitrogens with one attached hydrogen (secondary N) is 2. The zero-order chi connectivity index (χ0) is 13.0. The number of urea groups is 1. The van der Waals surface area contributed by atoms with E-state index < -0.39 is 0 Å². The van der Waals surface area contributed by atoms with Crippen molar-refractivity contribution >= 4 is 6.03 Å².